The standard InChI is InChI=1S/C12H17N3O3/c1-7-6-10(15-14-7)13-11(16)8-4-2-3-5-9(8)12(17)18/h6,8-9H,2-5H2,1H3,(H,17,18)(H2,13,14,15,16)/t8-,9+/m0/s1. The highest BCUT2D eigenvalue weighted by molar-refractivity contribution is 5.94. The molecule has 0 unspecified atom stereocenters. The molecule has 18 heavy (non-hydrogen) atoms. The molecule has 1 aliphatic carbocycles. The fraction of sp³-hybridized carbons (Fsp3) is 0.583. The Morgan fingerprint density at radius 2 is 2.06 bits per heavy atom. The van der Waals surface area contributed by atoms with Crippen LogP contribution >= 0.6 is 0 Å². The molecule has 1 aromatic rings. The average molecular weight is 251 g/mol. The van der Waals surface area contributed by atoms with Crippen LogP contribution in [0.15, 0.2) is 6.07 Å². The summed E-state index contributed by atoms with van der Waals surface area (Å²) in [5.74, 6) is -1.69. The van der Waals surface area contributed by atoms with E-state index in [1.54, 1.807) is 6.07 Å². The van der Waals surface area contributed by atoms with Gasteiger partial charge in [0.05, 0.1) is 11.8 Å². The summed E-state index contributed by atoms with van der Waals surface area (Å²) in [6.45, 7) is 1.84. The molecule has 0 saturated heterocycles. The number of aliphatic carboxylic acids is 1. The van der Waals surface area contributed by atoms with Crippen LogP contribution in [0.1, 0.15) is 31.4 Å². The van der Waals surface area contributed by atoms with Gasteiger partial charge in [-0.15, -0.1) is 0 Å². The number of aromatic amines is 1. The molecule has 1 heterocycles. The van der Waals surface area contributed by atoms with Crippen LogP contribution in [0.5, 0.6) is 0 Å². The van der Waals surface area contributed by atoms with Crippen LogP contribution in [0.25, 0.3) is 0 Å². The predicted octanol–water partition coefficient (Wildman–Crippen LogP) is 1.55. The van der Waals surface area contributed by atoms with E-state index in [1.165, 1.54) is 0 Å². The van der Waals surface area contributed by atoms with E-state index in [9.17, 15) is 9.59 Å². The van der Waals surface area contributed by atoms with Gasteiger partial charge in [0.25, 0.3) is 0 Å². The maximum Gasteiger partial charge on any atom is 0.307 e. The fourth-order valence-corrected chi connectivity index (χ4v) is 2.44. The van der Waals surface area contributed by atoms with Crippen molar-refractivity contribution in [3.8, 4) is 0 Å². The molecule has 2 rings (SSSR count). The molecule has 0 radical (unpaired) electrons. The van der Waals surface area contributed by atoms with Crippen molar-refractivity contribution in [1.82, 2.24) is 10.2 Å². The fourth-order valence-electron chi connectivity index (χ4n) is 2.44. The number of aryl methyl sites for hydroxylation is 1. The number of carbonyl (C=O) groups excluding carboxylic acids is 1. The number of anilines is 1. The van der Waals surface area contributed by atoms with E-state index in [0.29, 0.717) is 18.7 Å². The van der Waals surface area contributed by atoms with Crippen molar-refractivity contribution >= 4 is 17.7 Å². The van der Waals surface area contributed by atoms with Crippen molar-refractivity contribution < 1.29 is 14.7 Å². The summed E-state index contributed by atoms with van der Waals surface area (Å²) in [7, 11) is 0. The van der Waals surface area contributed by atoms with Crippen molar-refractivity contribution in [2.45, 2.75) is 32.6 Å². The third-order valence-corrected chi connectivity index (χ3v) is 3.38. The molecule has 98 valence electrons. The zero-order valence-electron chi connectivity index (χ0n) is 10.3. The molecule has 0 bridgehead atoms. The van der Waals surface area contributed by atoms with Crippen LogP contribution in [0.2, 0.25) is 0 Å². The monoisotopic (exact) mass is 251 g/mol. The van der Waals surface area contributed by atoms with Gasteiger partial charge in [-0.3, -0.25) is 14.7 Å². The number of amides is 1. The van der Waals surface area contributed by atoms with Gasteiger partial charge in [0.15, 0.2) is 5.82 Å². The Bertz CT molecular complexity index is 455. The summed E-state index contributed by atoms with van der Waals surface area (Å²) in [5.41, 5.74) is 0.851. The summed E-state index contributed by atoms with van der Waals surface area (Å²) in [4.78, 5) is 23.2. The van der Waals surface area contributed by atoms with Crippen molar-refractivity contribution in [1.29, 1.82) is 0 Å². The highest BCUT2D eigenvalue weighted by Gasteiger charge is 2.35. The SMILES string of the molecule is Cc1cc(NC(=O)[C@H]2CCCC[C@H]2C(=O)O)n[nH]1. The van der Waals surface area contributed by atoms with E-state index in [2.05, 4.69) is 15.5 Å². The number of carbonyl (C=O) groups is 2. The molecule has 0 aromatic carbocycles. The van der Waals surface area contributed by atoms with Crippen molar-refractivity contribution in [3.05, 3.63) is 11.8 Å². The maximum atomic E-state index is 12.1. The van der Waals surface area contributed by atoms with Gasteiger partial charge < -0.3 is 10.4 Å². The summed E-state index contributed by atoms with van der Waals surface area (Å²) in [5, 5.41) is 18.4. The van der Waals surface area contributed by atoms with Crippen molar-refractivity contribution in [2.75, 3.05) is 5.32 Å². The summed E-state index contributed by atoms with van der Waals surface area (Å²) >= 11 is 0. The lowest BCUT2D eigenvalue weighted by Crippen LogP contribution is -2.36. The number of carboxylic acids is 1. The number of rotatable bonds is 3. The molecule has 3 N–H and O–H groups in total. The maximum absolute atomic E-state index is 12.1. The highest BCUT2D eigenvalue weighted by atomic mass is 16.4. The minimum atomic E-state index is -0.881. The number of carboxylic acid groups (broad SMARTS) is 1. The molecule has 6 nitrogen and oxygen atoms in total. The van der Waals surface area contributed by atoms with Crippen LogP contribution in [0.4, 0.5) is 5.82 Å². The molecular formula is C12H17N3O3. The van der Waals surface area contributed by atoms with E-state index < -0.39 is 17.8 Å². The normalized spacial score (nSPS) is 23.6. The second-order valence-electron chi connectivity index (χ2n) is 4.76. The molecular weight excluding hydrogens is 234 g/mol. The third kappa shape index (κ3) is 2.69. The zero-order valence-corrected chi connectivity index (χ0v) is 10.3. The van der Waals surface area contributed by atoms with Gasteiger partial charge in [0.2, 0.25) is 5.91 Å². The topological polar surface area (TPSA) is 95.1 Å². The third-order valence-electron chi connectivity index (χ3n) is 3.38. The van der Waals surface area contributed by atoms with Gasteiger partial charge in [-0.25, -0.2) is 0 Å². The van der Waals surface area contributed by atoms with Crippen molar-refractivity contribution in [2.24, 2.45) is 11.8 Å². The van der Waals surface area contributed by atoms with Crippen LogP contribution in [0, 0.1) is 18.8 Å². The quantitative estimate of drug-likeness (QED) is 0.759. The number of nitrogens with one attached hydrogen (secondary N) is 2. The molecule has 6 heteroatoms. The predicted molar refractivity (Wildman–Crippen MR) is 65.0 cm³/mol. The van der Waals surface area contributed by atoms with E-state index in [-0.39, 0.29) is 5.91 Å². The Labute approximate surface area is 105 Å². The molecule has 1 amide bonds. The Balaban J connectivity index is 2.04. The first kappa shape index (κ1) is 12.6. The average Bonchev–Trinajstić information content (AvgIpc) is 2.74. The number of hydrogen-bond donors (Lipinski definition) is 3. The molecule has 0 aliphatic heterocycles. The first-order valence-corrected chi connectivity index (χ1v) is 6.13. The summed E-state index contributed by atoms with van der Waals surface area (Å²) in [6, 6.07) is 1.72. The van der Waals surface area contributed by atoms with Gasteiger partial charge in [0.1, 0.15) is 0 Å². The lowest BCUT2D eigenvalue weighted by atomic mass is 9.79. The lowest BCUT2D eigenvalue weighted by Gasteiger charge is -2.27. The van der Waals surface area contributed by atoms with Crippen LogP contribution in [-0.4, -0.2) is 27.2 Å². The molecule has 1 aromatic heterocycles. The summed E-state index contributed by atoms with van der Waals surface area (Å²) in [6.07, 6.45) is 2.99. The lowest BCUT2D eigenvalue weighted by molar-refractivity contribution is -0.147. The van der Waals surface area contributed by atoms with Gasteiger partial charge >= 0.3 is 5.97 Å². The molecule has 1 aliphatic rings. The van der Waals surface area contributed by atoms with E-state index in [1.807, 2.05) is 6.92 Å². The second kappa shape index (κ2) is 5.20. The minimum Gasteiger partial charge on any atom is -0.481 e. The second-order valence-corrected chi connectivity index (χ2v) is 4.76. The molecule has 1 fully saturated rings. The number of H-pyrrole nitrogens is 1. The number of nitrogens with zero attached hydrogens (tertiary/aromatic N) is 1. The Morgan fingerprint density at radius 1 is 1.39 bits per heavy atom. The van der Waals surface area contributed by atoms with E-state index >= 15 is 0 Å². The van der Waals surface area contributed by atoms with Crippen molar-refractivity contribution in [3.63, 3.8) is 0 Å². The van der Waals surface area contributed by atoms with Crippen LogP contribution in [0.3, 0.4) is 0 Å². The Morgan fingerprint density at radius 3 is 2.61 bits per heavy atom. The molecule has 0 spiro atoms. The Hall–Kier alpha value is -1.85. The number of aromatic nitrogens is 2. The number of hydrogen-bond acceptors (Lipinski definition) is 3. The molecule has 1 saturated carbocycles. The zero-order chi connectivity index (χ0) is 13.1. The van der Waals surface area contributed by atoms with Gasteiger partial charge in [-0.1, -0.05) is 12.8 Å². The highest BCUT2D eigenvalue weighted by Crippen LogP contribution is 2.31. The van der Waals surface area contributed by atoms with Gasteiger partial charge in [-0.2, -0.15) is 5.10 Å². The summed E-state index contributed by atoms with van der Waals surface area (Å²) < 4.78 is 0. The minimum absolute atomic E-state index is 0.242. The van der Waals surface area contributed by atoms with Crippen LogP contribution in [-0.2, 0) is 9.59 Å². The van der Waals surface area contributed by atoms with E-state index in [0.717, 1.165) is 18.5 Å². The van der Waals surface area contributed by atoms with Crippen LogP contribution < -0.4 is 5.32 Å². The smallest absolute Gasteiger partial charge is 0.307 e. The van der Waals surface area contributed by atoms with E-state index in [4.69, 9.17) is 5.11 Å². The van der Waals surface area contributed by atoms with Gasteiger partial charge in [0, 0.05) is 11.8 Å². The first-order chi connectivity index (χ1) is 8.58. The molecule has 2 atom stereocenters. The largest absolute Gasteiger partial charge is 0.481 e. The Kier molecular flexibility index (Phi) is 3.64. The first-order valence-electron chi connectivity index (χ1n) is 6.13. The van der Waals surface area contributed by atoms with Gasteiger partial charge in [-0.05, 0) is 19.8 Å².